The second-order valence-corrected chi connectivity index (χ2v) is 4.11. The Bertz CT molecular complexity index is 332. The molecular weight excluding hydrogens is 303 g/mol. The van der Waals surface area contributed by atoms with E-state index in [1.54, 1.807) is 0 Å². The fourth-order valence-corrected chi connectivity index (χ4v) is 1.31. The van der Waals surface area contributed by atoms with Crippen LogP contribution in [0.3, 0.4) is 0 Å². The van der Waals surface area contributed by atoms with Crippen molar-refractivity contribution in [2.75, 3.05) is 5.32 Å². The number of carbonyl (C=O) groups is 1. The molecule has 0 unspecified atom stereocenters. The summed E-state index contributed by atoms with van der Waals surface area (Å²) in [5.41, 5.74) is 0.439. The molecule has 0 aliphatic rings. The molecule has 0 atom stereocenters. The molecule has 0 saturated carbocycles. The Labute approximate surface area is 93.8 Å². The quantitative estimate of drug-likeness (QED) is 0.660. The predicted octanol–water partition coefficient (Wildman–Crippen LogP) is 3.13. The van der Waals surface area contributed by atoms with Gasteiger partial charge >= 0.3 is 3.93 Å². The van der Waals surface area contributed by atoms with Gasteiger partial charge in [-0.15, -0.1) is 0 Å². The lowest BCUT2D eigenvalue weighted by atomic mass is 10.2. The number of anilines is 1. The number of benzene rings is 1. The Morgan fingerprint density at radius 1 is 1.36 bits per heavy atom. The van der Waals surface area contributed by atoms with Crippen LogP contribution in [0.25, 0.3) is 0 Å². The molecule has 0 aromatic heterocycles. The molecule has 0 fully saturated rings. The molecule has 1 amide bonds. The van der Waals surface area contributed by atoms with Crippen LogP contribution in [0, 0.1) is 0 Å². The van der Waals surface area contributed by atoms with Crippen molar-refractivity contribution in [2.24, 2.45) is 0 Å². The Morgan fingerprint density at radius 3 is 2.21 bits per heavy atom. The van der Waals surface area contributed by atoms with Crippen LogP contribution >= 0.6 is 22.6 Å². The summed E-state index contributed by atoms with van der Waals surface area (Å²) in [6.45, 7) is 1.36. The van der Waals surface area contributed by atoms with E-state index < -0.39 is 3.93 Å². The molecule has 2 nitrogen and oxygen atoms in total. The van der Waals surface area contributed by atoms with Crippen LogP contribution in [0.15, 0.2) is 24.3 Å². The van der Waals surface area contributed by atoms with Crippen molar-refractivity contribution in [1.82, 2.24) is 0 Å². The van der Waals surface area contributed by atoms with Gasteiger partial charge in [-0.05, 0) is 12.1 Å². The molecule has 0 aliphatic carbocycles. The van der Waals surface area contributed by atoms with E-state index in [4.69, 9.17) is 0 Å². The van der Waals surface area contributed by atoms with Crippen molar-refractivity contribution < 1.29 is 13.6 Å². The van der Waals surface area contributed by atoms with E-state index in [0.717, 1.165) is 22.6 Å². The highest BCUT2D eigenvalue weighted by atomic mass is 127. The van der Waals surface area contributed by atoms with Crippen LogP contribution in [0.4, 0.5) is 14.5 Å². The Balaban J connectivity index is 2.84. The molecular formula is C9H8F2INO. The van der Waals surface area contributed by atoms with Gasteiger partial charge in [-0.25, -0.2) is 0 Å². The van der Waals surface area contributed by atoms with Crippen molar-refractivity contribution >= 4 is 34.2 Å². The van der Waals surface area contributed by atoms with E-state index in [1.165, 1.54) is 31.2 Å². The fourth-order valence-electron chi connectivity index (χ4n) is 0.946. The van der Waals surface area contributed by atoms with Crippen LogP contribution in [0.1, 0.15) is 12.5 Å². The fraction of sp³-hybridized carbons (Fsp3) is 0.222. The minimum atomic E-state index is -2.87. The zero-order chi connectivity index (χ0) is 10.8. The molecule has 1 rings (SSSR count). The van der Waals surface area contributed by atoms with Crippen LogP contribution < -0.4 is 5.32 Å². The molecule has 1 N–H and O–H groups in total. The maximum atomic E-state index is 12.7. The van der Waals surface area contributed by atoms with Crippen molar-refractivity contribution in [3.63, 3.8) is 0 Å². The minimum absolute atomic E-state index is 0.0767. The molecule has 0 spiro atoms. The van der Waals surface area contributed by atoms with E-state index in [2.05, 4.69) is 5.32 Å². The first-order valence-corrected chi connectivity index (χ1v) is 4.92. The SMILES string of the molecule is CC(=O)Nc1ccc(C(F)(F)I)cc1. The average molecular weight is 311 g/mol. The molecule has 5 heteroatoms. The van der Waals surface area contributed by atoms with Gasteiger partial charge in [0.05, 0.1) is 0 Å². The van der Waals surface area contributed by atoms with Gasteiger partial charge in [0, 0.05) is 40.8 Å². The molecule has 0 aliphatic heterocycles. The third-order valence-electron chi connectivity index (χ3n) is 1.53. The number of halogens is 3. The van der Waals surface area contributed by atoms with Crippen LogP contribution in [0.5, 0.6) is 0 Å². The lowest BCUT2D eigenvalue weighted by molar-refractivity contribution is -0.114. The first kappa shape index (κ1) is 11.4. The summed E-state index contributed by atoms with van der Waals surface area (Å²) in [5, 5.41) is 2.50. The summed E-state index contributed by atoms with van der Waals surface area (Å²) >= 11 is 1.06. The maximum Gasteiger partial charge on any atom is 0.321 e. The second-order valence-electron chi connectivity index (χ2n) is 2.76. The molecule has 0 radical (unpaired) electrons. The first-order chi connectivity index (χ1) is 6.39. The smallest absolute Gasteiger partial charge is 0.321 e. The molecule has 0 heterocycles. The predicted molar refractivity (Wildman–Crippen MR) is 58.7 cm³/mol. The topological polar surface area (TPSA) is 29.1 Å². The number of amides is 1. The van der Waals surface area contributed by atoms with E-state index >= 15 is 0 Å². The van der Waals surface area contributed by atoms with Gasteiger partial charge in [0.1, 0.15) is 0 Å². The normalized spacial score (nSPS) is 11.1. The van der Waals surface area contributed by atoms with Crippen LogP contribution in [0.2, 0.25) is 0 Å². The van der Waals surface area contributed by atoms with Gasteiger partial charge in [0.15, 0.2) is 0 Å². The number of hydrogen-bond donors (Lipinski definition) is 1. The van der Waals surface area contributed by atoms with Crippen molar-refractivity contribution in [3.05, 3.63) is 29.8 Å². The van der Waals surface area contributed by atoms with E-state index in [-0.39, 0.29) is 11.5 Å². The minimum Gasteiger partial charge on any atom is -0.326 e. The van der Waals surface area contributed by atoms with Crippen molar-refractivity contribution in [3.8, 4) is 0 Å². The van der Waals surface area contributed by atoms with Gasteiger partial charge < -0.3 is 5.32 Å². The van der Waals surface area contributed by atoms with Gasteiger partial charge in [0.2, 0.25) is 5.91 Å². The summed E-state index contributed by atoms with van der Waals surface area (Å²) in [6.07, 6.45) is 0. The third-order valence-corrected chi connectivity index (χ3v) is 2.16. The second kappa shape index (κ2) is 4.20. The molecule has 0 bridgehead atoms. The largest absolute Gasteiger partial charge is 0.326 e. The number of hydrogen-bond acceptors (Lipinski definition) is 1. The van der Waals surface area contributed by atoms with Gasteiger partial charge in [-0.1, -0.05) is 12.1 Å². The highest BCUT2D eigenvalue weighted by Crippen LogP contribution is 2.35. The van der Waals surface area contributed by atoms with Gasteiger partial charge in [-0.3, -0.25) is 4.79 Å². The summed E-state index contributed by atoms with van der Waals surface area (Å²) in [6, 6.07) is 5.47. The highest BCUT2D eigenvalue weighted by molar-refractivity contribution is 14.1. The molecule has 76 valence electrons. The Kier molecular flexibility index (Phi) is 3.41. The lowest BCUT2D eigenvalue weighted by Gasteiger charge is -2.09. The third kappa shape index (κ3) is 3.21. The zero-order valence-corrected chi connectivity index (χ0v) is 9.51. The van der Waals surface area contributed by atoms with E-state index in [9.17, 15) is 13.6 Å². The summed E-state index contributed by atoms with van der Waals surface area (Å²) in [5.74, 6) is -0.223. The number of nitrogens with one attached hydrogen (secondary N) is 1. The average Bonchev–Trinajstić information content (AvgIpc) is 2.02. The zero-order valence-electron chi connectivity index (χ0n) is 7.35. The molecule has 1 aromatic rings. The van der Waals surface area contributed by atoms with Crippen LogP contribution in [-0.4, -0.2) is 5.91 Å². The van der Waals surface area contributed by atoms with Crippen LogP contribution in [-0.2, 0) is 8.72 Å². The number of carbonyl (C=O) groups excluding carboxylic acids is 1. The van der Waals surface area contributed by atoms with E-state index in [0.29, 0.717) is 5.69 Å². The monoisotopic (exact) mass is 311 g/mol. The highest BCUT2D eigenvalue weighted by Gasteiger charge is 2.26. The van der Waals surface area contributed by atoms with Crippen molar-refractivity contribution in [1.29, 1.82) is 0 Å². The lowest BCUT2D eigenvalue weighted by Crippen LogP contribution is -2.07. The standard InChI is InChI=1S/C9H8F2INO/c1-6(14)13-8-4-2-7(3-5-8)9(10,11)12/h2-5H,1H3,(H,13,14). The maximum absolute atomic E-state index is 12.7. The summed E-state index contributed by atoms with van der Waals surface area (Å²) in [4.78, 5) is 10.6. The van der Waals surface area contributed by atoms with Crippen molar-refractivity contribution in [2.45, 2.75) is 10.9 Å². The molecule has 1 aromatic carbocycles. The first-order valence-electron chi connectivity index (χ1n) is 3.84. The molecule has 14 heavy (non-hydrogen) atoms. The number of rotatable bonds is 2. The van der Waals surface area contributed by atoms with Gasteiger partial charge in [0.25, 0.3) is 0 Å². The van der Waals surface area contributed by atoms with Gasteiger partial charge in [-0.2, -0.15) is 8.78 Å². The summed E-state index contributed by atoms with van der Waals surface area (Å²) < 4.78 is 22.6. The van der Waals surface area contributed by atoms with E-state index in [1.807, 2.05) is 0 Å². The Morgan fingerprint density at radius 2 is 1.86 bits per heavy atom. The summed E-state index contributed by atoms with van der Waals surface area (Å²) in [7, 11) is 0. The molecule has 0 saturated heterocycles. The number of alkyl halides is 3. The Hall–Kier alpha value is -0.720.